The number of para-hydroxylation sites is 1. The van der Waals surface area contributed by atoms with Crippen molar-refractivity contribution in [2.45, 2.75) is 12.3 Å². The molecular weight excluding hydrogens is 313 g/mol. The van der Waals surface area contributed by atoms with Gasteiger partial charge in [-0.3, -0.25) is 10.1 Å². The largest absolute Gasteiger partial charge is 0.493 e. The minimum absolute atomic E-state index is 0.106. The zero-order valence-corrected chi connectivity index (χ0v) is 12.6. The molecule has 2 aromatic carbocycles. The van der Waals surface area contributed by atoms with Crippen LogP contribution >= 0.6 is 23.2 Å². The van der Waals surface area contributed by atoms with Crippen molar-refractivity contribution in [3.63, 3.8) is 0 Å². The number of benzene rings is 2. The molecule has 0 aliphatic heterocycles. The van der Waals surface area contributed by atoms with Crippen molar-refractivity contribution in [1.29, 1.82) is 0 Å². The SMILES string of the molecule is O=[N+]([O-])c1ccccc1CCOc1ccc(Cl)cc1CCl. The van der Waals surface area contributed by atoms with E-state index in [4.69, 9.17) is 27.9 Å². The molecule has 0 amide bonds. The van der Waals surface area contributed by atoms with E-state index in [2.05, 4.69) is 0 Å². The number of nitro benzene ring substituents is 1. The van der Waals surface area contributed by atoms with Gasteiger partial charge in [0.05, 0.1) is 17.4 Å². The van der Waals surface area contributed by atoms with Crippen molar-refractivity contribution in [3.8, 4) is 5.75 Å². The fraction of sp³-hybridized carbons (Fsp3) is 0.200. The van der Waals surface area contributed by atoms with E-state index in [9.17, 15) is 10.1 Å². The predicted molar refractivity (Wildman–Crippen MR) is 83.3 cm³/mol. The molecule has 0 atom stereocenters. The average Bonchev–Trinajstić information content (AvgIpc) is 2.49. The second-order valence-corrected chi connectivity index (χ2v) is 5.07. The Kier molecular flexibility index (Phi) is 5.42. The van der Waals surface area contributed by atoms with Crippen LogP contribution < -0.4 is 4.74 Å². The van der Waals surface area contributed by atoms with Crippen LogP contribution in [0.5, 0.6) is 5.75 Å². The van der Waals surface area contributed by atoms with Crippen LogP contribution in [0.3, 0.4) is 0 Å². The maximum absolute atomic E-state index is 10.9. The minimum Gasteiger partial charge on any atom is -0.493 e. The first-order valence-corrected chi connectivity index (χ1v) is 7.22. The van der Waals surface area contributed by atoms with Gasteiger partial charge >= 0.3 is 0 Å². The molecule has 0 bridgehead atoms. The van der Waals surface area contributed by atoms with Gasteiger partial charge in [0.2, 0.25) is 0 Å². The van der Waals surface area contributed by atoms with Crippen molar-refractivity contribution in [2.75, 3.05) is 6.61 Å². The summed E-state index contributed by atoms with van der Waals surface area (Å²) in [7, 11) is 0. The van der Waals surface area contributed by atoms with Gasteiger partial charge in [-0.15, -0.1) is 11.6 Å². The second-order valence-electron chi connectivity index (χ2n) is 4.37. The summed E-state index contributed by atoms with van der Waals surface area (Å²) in [5, 5.41) is 11.5. The lowest BCUT2D eigenvalue weighted by Gasteiger charge is -2.10. The van der Waals surface area contributed by atoms with Gasteiger partial charge in [0.15, 0.2) is 0 Å². The number of hydrogen-bond donors (Lipinski definition) is 0. The molecule has 0 spiro atoms. The predicted octanol–water partition coefficient (Wildman–Crippen LogP) is 4.61. The zero-order chi connectivity index (χ0) is 15.2. The van der Waals surface area contributed by atoms with Gasteiger partial charge in [-0.05, 0) is 18.2 Å². The minimum atomic E-state index is -0.387. The van der Waals surface area contributed by atoms with E-state index < -0.39 is 0 Å². The molecule has 0 saturated heterocycles. The maximum Gasteiger partial charge on any atom is 0.272 e. The number of nitro groups is 1. The van der Waals surface area contributed by atoms with E-state index >= 15 is 0 Å². The Bertz CT molecular complexity index is 647. The first-order chi connectivity index (χ1) is 10.1. The van der Waals surface area contributed by atoms with Gasteiger partial charge in [-0.2, -0.15) is 0 Å². The van der Waals surface area contributed by atoms with Gasteiger partial charge in [-0.1, -0.05) is 29.8 Å². The number of hydrogen-bond acceptors (Lipinski definition) is 3. The third-order valence-electron chi connectivity index (χ3n) is 2.98. The quantitative estimate of drug-likeness (QED) is 0.442. The van der Waals surface area contributed by atoms with Gasteiger partial charge in [0.1, 0.15) is 5.75 Å². The Balaban J connectivity index is 2.04. The lowest BCUT2D eigenvalue weighted by molar-refractivity contribution is -0.385. The van der Waals surface area contributed by atoms with Crippen LogP contribution in [0.15, 0.2) is 42.5 Å². The molecule has 0 unspecified atom stereocenters. The lowest BCUT2D eigenvalue weighted by Crippen LogP contribution is -2.05. The number of nitrogens with zero attached hydrogens (tertiary/aromatic N) is 1. The van der Waals surface area contributed by atoms with Crippen molar-refractivity contribution < 1.29 is 9.66 Å². The highest BCUT2D eigenvalue weighted by molar-refractivity contribution is 6.30. The van der Waals surface area contributed by atoms with Crippen LogP contribution in [0.25, 0.3) is 0 Å². The molecule has 4 nitrogen and oxygen atoms in total. The summed E-state index contributed by atoms with van der Waals surface area (Å²) in [4.78, 5) is 10.5. The summed E-state index contributed by atoms with van der Waals surface area (Å²) in [5.41, 5.74) is 1.55. The van der Waals surface area contributed by atoms with E-state index in [1.54, 1.807) is 36.4 Å². The Morgan fingerprint density at radius 3 is 2.62 bits per heavy atom. The second kappa shape index (κ2) is 7.29. The molecule has 110 valence electrons. The Hall–Kier alpha value is -1.78. The molecule has 0 fully saturated rings. The molecule has 0 aromatic heterocycles. The Morgan fingerprint density at radius 1 is 1.14 bits per heavy atom. The third-order valence-corrected chi connectivity index (χ3v) is 3.51. The summed E-state index contributed by atoms with van der Waals surface area (Å²) >= 11 is 11.7. The molecule has 0 heterocycles. The number of halogens is 2. The standard InChI is InChI=1S/C15H13Cl2NO3/c16-10-12-9-13(17)5-6-15(12)21-8-7-11-3-1-2-4-14(11)18(19)20/h1-6,9H,7-8,10H2. The summed E-state index contributed by atoms with van der Waals surface area (Å²) in [6.45, 7) is 0.330. The molecule has 0 radical (unpaired) electrons. The van der Waals surface area contributed by atoms with Gasteiger partial charge < -0.3 is 4.74 Å². The van der Waals surface area contributed by atoms with Crippen molar-refractivity contribution in [3.05, 3.63) is 68.7 Å². The van der Waals surface area contributed by atoms with E-state index in [0.717, 1.165) is 5.56 Å². The Morgan fingerprint density at radius 2 is 1.90 bits per heavy atom. The first-order valence-electron chi connectivity index (χ1n) is 6.31. The molecule has 6 heteroatoms. The Labute approximate surface area is 132 Å². The molecule has 2 rings (SSSR count). The van der Waals surface area contributed by atoms with Gasteiger partial charge in [0.25, 0.3) is 5.69 Å². The molecule has 0 N–H and O–H groups in total. The topological polar surface area (TPSA) is 52.4 Å². The first kappa shape index (κ1) is 15.6. The summed E-state index contributed by atoms with van der Waals surface area (Å²) < 4.78 is 5.66. The smallest absolute Gasteiger partial charge is 0.272 e. The summed E-state index contributed by atoms with van der Waals surface area (Å²) in [5.74, 6) is 0.939. The summed E-state index contributed by atoms with van der Waals surface area (Å²) in [6, 6.07) is 11.8. The average molecular weight is 326 g/mol. The third kappa shape index (κ3) is 4.09. The molecular formula is C15H13Cl2NO3. The van der Waals surface area contributed by atoms with Crippen LogP contribution in [0.2, 0.25) is 5.02 Å². The lowest BCUT2D eigenvalue weighted by atomic mass is 10.1. The fourth-order valence-electron chi connectivity index (χ4n) is 1.96. The molecule has 21 heavy (non-hydrogen) atoms. The molecule has 2 aromatic rings. The number of ether oxygens (including phenoxy) is 1. The van der Waals surface area contributed by atoms with Crippen LogP contribution in [0.1, 0.15) is 11.1 Å². The summed E-state index contributed by atoms with van der Waals surface area (Å²) in [6.07, 6.45) is 0.446. The molecule has 0 saturated carbocycles. The van der Waals surface area contributed by atoms with E-state index in [-0.39, 0.29) is 10.6 Å². The van der Waals surface area contributed by atoms with Crippen LogP contribution in [-0.2, 0) is 12.3 Å². The normalized spacial score (nSPS) is 10.4. The van der Waals surface area contributed by atoms with Crippen molar-refractivity contribution >= 4 is 28.9 Å². The monoisotopic (exact) mass is 325 g/mol. The highest BCUT2D eigenvalue weighted by Crippen LogP contribution is 2.25. The van der Waals surface area contributed by atoms with Crippen LogP contribution in [0, 0.1) is 10.1 Å². The van der Waals surface area contributed by atoms with Crippen LogP contribution in [-0.4, -0.2) is 11.5 Å². The van der Waals surface area contributed by atoms with E-state index in [1.807, 2.05) is 0 Å². The molecule has 0 aliphatic carbocycles. The van der Waals surface area contributed by atoms with Crippen molar-refractivity contribution in [1.82, 2.24) is 0 Å². The van der Waals surface area contributed by atoms with Crippen molar-refractivity contribution in [2.24, 2.45) is 0 Å². The van der Waals surface area contributed by atoms with E-state index in [0.29, 0.717) is 35.2 Å². The van der Waals surface area contributed by atoms with Gasteiger partial charge in [-0.25, -0.2) is 0 Å². The fourth-order valence-corrected chi connectivity index (χ4v) is 2.37. The highest BCUT2D eigenvalue weighted by Gasteiger charge is 2.12. The van der Waals surface area contributed by atoms with Crippen LogP contribution in [0.4, 0.5) is 5.69 Å². The van der Waals surface area contributed by atoms with Gasteiger partial charge in [0, 0.05) is 28.6 Å². The highest BCUT2D eigenvalue weighted by atomic mass is 35.5. The maximum atomic E-state index is 10.9. The number of alkyl halides is 1. The number of rotatable bonds is 6. The molecule has 0 aliphatic rings. The van der Waals surface area contributed by atoms with E-state index in [1.165, 1.54) is 6.07 Å². The zero-order valence-electron chi connectivity index (χ0n) is 11.1.